The number of hydrogen-bond donors (Lipinski definition) is 3. The van der Waals surface area contributed by atoms with Gasteiger partial charge < -0.3 is 10.6 Å². The zero-order valence-electron chi connectivity index (χ0n) is 13.5. The van der Waals surface area contributed by atoms with Crippen molar-refractivity contribution < 1.29 is 13.2 Å². The smallest absolute Gasteiger partial charge is 0.307 e. The zero-order valence-corrected chi connectivity index (χ0v) is 14.4. The lowest BCUT2D eigenvalue weighted by molar-refractivity contribution is 0.262. The molecule has 0 unspecified atom stereocenters. The molecule has 2 rings (SSSR count). The summed E-state index contributed by atoms with van der Waals surface area (Å²) in [6, 6.07) is 8.72. The van der Waals surface area contributed by atoms with Gasteiger partial charge in [0.25, 0.3) is 0 Å². The highest BCUT2D eigenvalue weighted by molar-refractivity contribution is 7.88. The van der Waals surface area contributed by atoms with E-state index >= 15 is 0 Å². The lowest BCUT2D eigenvalue weighted by Gasteiger charge is -2.13. The van der Waals surface area contributed by atoms with Crippen molar-refractivity contribution in [1.82, 2.24) is 9.71 Å². The van der Waals surface area contributed by atoms with Gasteiger partial charge in [0.2, 0.25) is 10.0 Å². The largest absolute Gasteiger partial charge is 0.323 e. The molecule has 0 saturated heterocycles. The summed E-state index contributed by atoms with van der Waals surface area (Å²) < 4.78 is 24.7. The lowest BCUT2D eigenvalue weighted by Crippen LogP contribution is -2.25. The Morgan fingerprint density at radius 2 is 2.00 bits per heavy atom. The Bertz CT molecular complexity index is 807. The van der Waals surface area contributed by atoms with E-state index < -0.39 is 10.0 Å². The van der Waals surface area contributed by atoms with E-state index in [2.05, 4.69) is 20.3 Å². The first-order valence-electron chi connectivity index (χ1n) is 7.36. The van der Waals surface area contributed by atoms with E-state index in [4.69, 9.17) is 0 Å². The molecule has 7 nitrogen and oxygen atoms in total. The fraction of sp³-hybridized carbons (Fsp3) is 0.250. The molecule has 128 valence electrons. The van der Waals surface area contributed by atoms with Crippen molar-refractivity contribution in [3.63, 3.8) is 0 Å². The molecule has 0 radical (unpaired) electrons. The number of urea groups is 1. The average molecular weight is 348 g/mol. The highest BCUT2D eigenvalue weighted by Crippen LogP contribution is 2.18. The van der Waals surface area contributed by atoms with Gasteiger partial charge in [0.15, 0.2) is 0 Å². The third kappa shape index (κ3) is 5.98. The van der Waals surface area contributed by atoms with Crippen molar-refractivity contribution in [2.24, 2.45) is 0 Å². The molecule has 0 spiro atoms. The average Bonchev–Trinajstić information content (AvgIpc) is 2.49. The van der Waals surface area contributed by atoms with Gasteiger partial charge in [-0.3, -0.25) is 4.98 Å². The minimum Gasteiger partial charge on any atom is -0.307 e. The Hall–Kier alpha value is -2.45. The minimum absolute atomic E-state index is 0.265. The van der Waals surface area contributed by atoms with Gasteiger partial charge in [-0.05, 0) is 42.7 Å². The van der Waals surface area contributed by atoms with Crippen LogP contribution < -0.4 is 15.4 Å². The summed E-state index contributed by atoms with van der Waals surface area (Å²) in [7, 11) is -3.24. The molecule has 0 bridgehead atoms. The van der Waals surface area contributed by atoms with Crippen LogP contribution in [0.1, 0.15) is 11.1 Å². The van der Waals surface area contributed by atoms with Crippen LogP contribution in [0.25, 0.3) is 0 Å². The summed E-state index contributed by atoms with van der Waals surface area (Å²) in [6.07, 6.45) is 4.75. The Kier molecular flexibility index (Phi) is 5.88. The molecular formula is C16H20N4O3S. The van der Waals surface area contributed by atoms with E-state index in [9.17, 15) is 13.2 Å². The molecule has 2 amide bonds. The van der Waals surface area contributed by atoms with Crippen LogP contribution in [0.4, 0.5) is 16.2 Å². The first-order valence-corrected chi connectivity index (χ1v) is 9.25. The monoisotopic (exact) mass is 348 g/mol. The van der Waals surface area contributed by atoms with E-state index in [1.54, 1.807) is 24.5 Å². The maximum atomic E-state index is 12.1. The van der Waals surface area contributed by atoms with Crippen LogP contribution in [0.2, 0.25) is 0 Å². The predicted molar refractivity (Wildman–Crippen MR) is 94.6 cm³/mol. The number of aryl methyl sites for hydroxylation is 1. The number of carbonyl (C=O) groups is 1. The van der Waals surface area contributed by atoms with Crippen molar-refractivity contribution in [3.8, 4) is 0 Å². The molecule has 8 heteroatoms. The molecule has 1 aromatic carbocycles. The number of sulfonamides is 1. The number of amides is 2. The van der Waals surface area contributed by atoms with Gasteiger partial charge in [0.05, 0.1) is 18.1 Å². The van der Waals surface area contributed by atoms with Crippen molar-refractivity contribution >= 4 is 27.4 Å². The van der Waals surface area contributed by atoms with Gasteiger partial charge in [-0.2, -0.15) is 0 Å². The van der Waals surface area contributed by atoms with E-state index in [0.29, 0.717) is 17.8 Å². The summed E-state index contributed by atoms with van der Waals surface area (Å²) in [5, 5.41) is 5.49. The third-order valence-electron chi connectivity index (χ3n) is 3.19. The van der Waals surface area contributed by atoms with Crippen LogP contribution in [0.3, 0.4) is 0 Å². The molecule has 0 saturated carbocycles. The summed E-state index contributed by atoms with van der Waals surface area (Å²) in [5.74, 6) is 0. The molecule has 0 aliphatic rings. The second-order valence-corrected chi connectivity index (χ2v) is 7.23. The van der Waals surface area contributed by atoms with Crippen molar-refractivity contribution in [3.05, 3.63) is 53.9 Å². The fourth-order valence-electron chi connectivity index (χ4n) is 2.12. The topological polar surface area (TPSA) is 100 Å². The number of carbonyl (C=O) groups excluding carboxylic acids is 1. The second-order valence-electron chi connectivity index (χ2n) is 5.40. The molecule has 24 heavy (non-hydrogen) atoms. The van der Waals surface area contributed by atoms with Crippen LogP contribution in [0.15, 0.2) is 42.7 Å². The summed E-state index contributed by atoms with van der Waals surface area (Å²) >= 11 is 0. The van der Waals surface area contributed by atoms with Crippen LogP contribution in [0, 0.1) is 6.92 Å². The molecular weight excluding hydrogens is 328 g/mol. The molecule has 0 aliphatic heterocycles. The number of hydrogen-bond acceptors (Lipinski definition) is 4. The van der Waals surface area contributed by atoms with E-state index in [-0.39, 0.29) is 12.6 Å². The highest BCUT2D eigenvalue weighted by Gasteiger charge is 2.09. The SMILES string of the molecule is Cc1ccc(CCNS(C)(=O)=O)c(NC(=O)Nc2cccnc2)c1. The van der Waals surface area contributed by atoms with Gasteiger partial charge in [-0.1, -0.05) is 12.1 Å². The normalized spacial score (nSPS) is 11.1. The maximum absolute atomic E-state index is 12.1. The zero-order chi connectivity index (χ0) is 17.6. The number of nitrogens with one attached hydrogen (secondary N) is 3. The fourth-order valence-corrected chi connectivity index (χ4v) is 2.59. The van der Waals surface area contributed by atoms with Gasteiger partial charge in [-0.25, -0.2) is 17.9 Å². The van der Waals surface area contributed by atoms with E-state index in [1.165, 1.54) is 0 Å². The maximum Gasteiger partial charge on any atom is 0.323 e. The summed E-state index contributed by atoms with van der Waals surface area (Å²) in [6.45, 7) is 2.18. The number of anilines is 2. The van der Waals surface area contributed by atoms with Gasteiger partial charge in [0, 0.05) is 18.4 Å². The Balaban J connectivity index is 2.05. The van der Waals surface area contributed by atoms with Crippen molar-refractivity contribution in [1.29, 1.82) is 0 Å². The lowest BCUT2D eigenvalue weighted by atomic mass is 10.1. The van der Waals surface area contributed by atoms with Crippen LogP contribution in [-0.4, -0.2) is 32.2 Å². The molecule has 1 aromatic heterocycles. The molecule has 0 atom stereocenters. The van der Waals surface area contributed by atoms with E-state index in [0.717, 1.165) is 17.4 Å². The van der Waals surface area contributed by atoms with Crippen molar-refractivity contribution in [2.45, 2.75) is 13.3 Å². The molecule has 0 fully saturated rings. The number of nitrogens with zero attached hydrogens (tertiary/aromatic N) is 1. The molecule has 0 aliphatic carbocycles. The number of benzene rings is 1. The number of rotatable bonds is 6. The minimum atomic E-state index is -3.24. The second kappa shape index (κ2) is 7.89. The van der Waals surface area contributed by atoms with Crippen LogP contribution in [0.5, 0.6) is 0 Å². The van der Waals surface area contributed by atoms with Crippen LogP contribution in [-0.2, 0) is 16.4 Å². The quantitative estimate of drug-likeness (QED) is 0.744. The molecule has 1 heterocycles. The van der Waals surface area contributed by atoms with Gasteiger partial charge >= 0.3 is 6.03 Å². The van der Waals surface area contributed by atoms with E-state index in [1.807, 2.05) is 25.1 Å². The molecule has 2 aromatic rings. The van der Waals surface area contributed by atoms with Gasteiger partial charge in [0.1, 0.15) is 0 Å². The first kappa shape index (κ1) is 17.9. The summed E-state index contributed by atoms with van der Waals surface area (Å²) in [5.41, 5.74) is 3.07. The highest BCUT2D eigenvalue weighted by atomic mass is 32.2. The Morgan fingerprint density at radius 1 is 1.21 bits per heavy atom. The number of aromatic nitrogens is 1. The number of pyridine rings is 1. The van der Waals surface area contributed by atoms with Gasteiger partial charge in [-0.15, -0.1) is 0 Å². The van der Waals surface area contributed by atoms with Crippen LogP contribution >= 0.6 is 0 Å². The Morgan fingerprint density at radius 3 is 2.67 bits per heavy atom. The standard InChI is InChI=1S/C16H20N4O3S/c1-12-5-6-13(7-9-18-24(2,22)23)15(10-12)20-16(21)19-14-4-3-8-17-11-14/h3-6,8,10-11,18H,7,9H2,1-2H3,(H2,19,20,21). The first-order chi connectivity index (χ1) is 11.3. The third-order valence-corrected chi connectivity index (χ3v) is 3.92. The predicted octanol–water partition coefficient (Wildman–Crippen LogP) is 2.13. The Labute approximate surface area is 141 Å². The summed E-state index contributed by atoms with van der Waals surface area (Å²) in [4.78, 5) is 16.0. The van der Waals surface area contributed by atoms with Crippen molar-refractivity contribution in [2.75, 3.05) is 23.4 Å². The molecule has 3 N–H and O–H groups in total.